The van der Waals surface area contributed by atoms with Gasteiger partial charge in [0.25, 0.3) is 0 Å². The van der Waals surface area contributed by atoms with E-state index in [4.69, 9.17) is 5.73 Å². The summed E-state index contributed by atoms with van der Waals surface area (Å²) in [6, 6.07) is 9.47. The van der Waals surface area contributed by atoms with Crippen LogP contribution < -0.4 is 11.1 Å². The lowest BCUT2D eigenvalue weighted by atomic mass is 10.00. The molecule has 1 aromatic rings. The molecule has 1 rings (SSSR count). The summed E-state index contributed by atoms with van der Waals surface area (Å²) in [4.78, 5) is 11.8. The molecule has 3 nitrogen and oxygen atoms in total. The standard InChI is InChI=1S/C14H22N2O/c1-4-14(2,3)16-13(17)10-12(15)11-8-6-5-7-9-11/h5-9,12H,4,10,15H2,1-3H3,(H,16,17). The highest BCUT2D eigenvalue weighted by atomic mass is 16.1. The SMILES string of the molecule is CCC(C)(C)NC(=O)CC(N)c1ccccc1. The molecule has 0 spiro atoms. The van der Waals surface area contributed by atoms with Crippen molar-refractivity contribution in [3.05, 3.63) is 35.9 Å². The summed E-state index contributed by atoms with van der Waals surface area (Å²) in [5.74, 6) is 0.00760. The number of nitrogens with two attached hydrogens (primary N) is 1. The van der Waals surface area contributed by atoms with Crippen LogP contribution in [0, 0.1) is 0 Å². The zero-order valence-electron chi connectivity index (χ0n) is 10.9. The fourth-order valence-corrected chi connectivity index (χ4v) is 1.53. The van der Waals surface area contributed by atoms with Gasteiger partial charge in [0.15, 0.2) is 0 Å². The van der Waals surface area contributed by atoms with E-state index in [0.717, 1.165) is 12.0 Å². The molecule has 0 fully saturated rings. The number of carbonyl (C=O) groups is 1. The van der Waals surface area contributed by atoms with E-state index in [1.165, 1.54) is 0 Å². The van der Waals surface area contributed by atoms with Crippen molar-refractivity contribution in [1.29, 1.82) is 0 Å². The van der Waals surface area contributed by atoms with E-state index in [2.05, 4.69) is 12.2 Å². The molecule has 0 saturated carbocycles. The van der Waals surface area contributed by atoms with E-state index in [1.54, 1.807) is 0 Å². The molecule has 0 saturated heterocycles. The molecule has 94 valence electrons. The highest BCUT2D eigenvalue weighted by Gasteiger charge is 2.19. The number of hydrogen-bond donors (Lipinski definition) is 2. The van der Waals surface area contributed by atoms with Crippen molar-refractivity contribution in [1.82, 2.24) is 5.32 Å². The number of hydrogen-bond acceptors (Lipinski definition) is 2. The Morgan fingerprint density at radius 1 is 1.35 bits per heavy atom. The molecule has 3 heteroatoms. The summed E-state index contributed by atoms with van der Waals surface area (Å²) in [5.41, 5.74) is 6.83. The van der Waals surface area contributed by atoms with Gasteiger partial charge in [0, 0.05) is 18.0 Å². The van der Waals surface area contributed by atoms with Gasteiger partial charge in [-0.1, -0.05) is 37.3 Å². The summed E-state index contributed by atoms with van der Waals surface area (Å²) in [6.07, 6.45) is 1.23. The lowest BCUT2D eigenvalue weighted by molar-refractivity contribution is -0.123. The molecule has 0 bridgehead atoms. The van der Waals surface area contributed by atoms with E-state index in [-0.39, 0.29) is 17.5 Å². The summed E-state index contributed by atoms with van der Waals surface area (Å²) < 4.78 is 0. The summed E-state index contributed by atoms with van der Waals surface area (Å²) in [7, 11) is 0. The van der Waals surface area contributed by atoms with Crippen LogP contribution in [0.3, 0.4) is 0 Å². The number of benzene rings is 1. The van der Waals surface area contributed by atoms with Crippen molar-refractivity contribution >= 4 is 5.91 Å². The van der Waals surface area contributed by atoms with E-state index < -0.39 is 0 Å². The lowest BCUT2D eigenvalue weighted by Gasteiger charge is -2.25. The zero-order chi connectivity index (χ0) is 12.9. The van der Waals surface area contributed by atoms with Crippen molar-refractivity contribution in [3.63, 3.8) is 0 Å². The average molecular weight is 234 g/mol. The van der Waals surface area contributed by atoms with Crippen LogP contribution in [-0.4, -0.2) is 11.4 Å². The molecule has 1 amide bonds. The smallest absolute Gasteiger partial charge is 0.222 e. The molecule has 0 aromatic heterocycles. The highest BCUT2D eigenvalue weighted by Crippen LogP contribution is 2.14. The van der Waals surface area contributed by atoms with Crippen LogP contribution in [0.15, 0.2) is 30.3 Å². The Hall–Kier alpha value is -1.35. The van der Waals surface area contributed by atoms with Crippen LogP contribution in [0.5, 0.6) is 0 Å². The maximum absolute atomic E-state index is 11.8. The molecule has 17 heavy (non-hydrogen) atoms. The normalized spacial score (nSPS) is 13.2. The van der Waals surface area contributed by atoms with Crippen molar-refractivity contribution in [2.45, 2.75) is 45.2 Å². The first-order valence-corrected chi connectivity index (χ1v) is 6.06. The quantitative estimate of drug-likeness (QED) is 0.822. The lowest BCUT2D eigenvalue weighted by Crippen LogP contribution is -2.43. The number of carbonyl (C=O) groups excluding carboxylic acids is 1. The van der Waals surface area contributed by atoms with Gasteiger partial charge in [-0.15, -0.1) is 0 Å². The molecular weight excluding hydrogens is 212 g/mol. The van der Waals surface area contributed by atoms with Gasteiger partial charge in [0.05, 0.1) is 0 Å². The van der Waals surface area contributed by atoms with E-state index >= 15 is 0 Å². The number of amides is 1. The number of nitrogens with one attached hydrogen (secondary N) is 1. The third-order valence-electron chi connectivity index (χ3n) is 2.99. The average Bonchev–Trinajstić information content (AvgIpc) is 2.29. The predicted octanol–water partition coefficient (Wildman–Crippen LogP) is 2.38. The van der Waals surface area contributed by atoms with Crippen LogP contribution in [-0.2, 0) is 4.79 Å². The molecule has 1 atom stereocenters. The summed E-state index contributed by atoms with van der Waals surface area (Å²) >= 11 is 0. The van der Waals surface area contributed by atoms with Gasteiger partial charge in [-0.05, 0) is 25.8 Å². The van der Waals surface area contributed by atoms with E-state index in [9.17, 15) is 4.79 Å². The van der Waals surface area contributed by atoms with Crippen molar-refractivity contribution in [2.75, 3.05) is 0 Å². The first-order valence-electron chi connectivity index (χ1n) is 6.06. The number of rotatable bonds is 5. The van der Waals surface area contributed by atoms with Crippen LogP contribution in [0.4, 0.5) is 0 Å². The molecule has 3 N–H and O–H groups in total. The minimum atomic E-state index is -0.233. The maximum Gasteiger partial charge on any atom is 0.222 e. The first-order chi connectivity index (χ1) is 7.94. The van der Waals surface area contributed by atoms with Crippen molar-refractivity contribution in [3.8, 4) is 0 Å². The monoisotopic (exact) mass is 234 g/mol. The fourth-order valence-electron chi connectivity index (χ4n) is 1.53. The Bertz CT molecular complexity index is 360. The minimum Gasteiger partial charge on any atom is -0.351 e. The van der Waals surface area contributed by atoms with Gasteiger partial charge in [0.2, 0.25) is 5.91 Å². The third kappa shape index (κ3) is 4.57. The topological polar surface area (TPSA) is 55.1 Å². The molecule has 1 aromatic carbocycles. The largest absolute Gasteiger partial charge is 0.351 e. The van der Waals surface area contributed by atoms with Gasteiger partial charge in [-0.2, -0.15) is 0 Å². The molecule has 0 aliphatic rings. The van der Waals surface area contributed by atoms with Crippen LogP contribution in [0.25, 0.3) is 0 Å². The van der Waals surface area contributed by atoms with Gasteiger partial charge in [0.1, 0.15) is 0 Å². The van der Waals surface area contributed by atoms with Gasteiger partial charge >= 0.3 is 0 Å². The summed E-state index contributed by atoms with van der Waals surface area (Å²) in [5, 5.41) is 2.99. The molecule has 0 radical (unpaired) electrons. The molecule has 0 heterocycles. The van der Waals surface area contributed by atoms with Gasteiger partial charge in [-0.3, -0.25) is 4.79 Å². The Morgan fingerprint density at radius 3 is 2.47 bits per heavy atom. The third-order valence-corrected chi connectivity index (χ3v) is 2.99. The molecule has 1 unspecified atom stereocenters. The molecule has 0 aliphatic carbocycles. The van der Waals surface area contributed by atoms with Crippen LogP contribution in [0.2, 0.25) is 0 Å². The maximum atomic E-state index is 11.8. The Balaban J connectivity index is 2.52. The summed E-state index contributed by atoms with van der Waals surface area (Å²) in [6.45, 7) is 6.08. The Labute approximate surface area is 103 Å². The second kappa shape index (κ2) is 5.82. The second-order valence-corrected chi connectivity index (χ2v) is 5.01. The van der Waals surface area contributed by atoms with Crippen LogP contribution >= 0.6 is 0 Å². The Kier molecular flexibility index (Phi) is 4.70. The van der Waals surface area contributed by atoms with Crippen molar-refractivity contribution in [2.24, 2.45) is 5.73 Å². The minimum absolute atomic E-state index is 0.00760. The van der Waals surface area contributed by atoms with Crippen molar-refractivity contribution < 1.29 is 4.79 Å². The highest BCUT2D eigenvalue weighted by molar-refractivity contribution is 5.77. The Morgan fingerprint density at radius 2 is 1.94 bits per heavy atom. The first kappa shape index (κ1) is 13.7. The van der Waals surface area contributed by atoms with Gasteiger partial charge < -0.3 is 11.1 Å². The van der Waals surface area contributed by atoms with E-state index in [0.29, 0.717) is 6.42 Å². The molecular formula is C14H22N2O. The zero-order valence-corrected chi connectivity index (χ0v) is 10.9. The van der Waals surface area contributed by atoms with Crippen LogP contribution in [0.1, 0.15) is 45.2 Å². The van der Waals surface area contributed by atoms with Gasteiger partial charge in [-0.25, -0.2) is 0 Å². The fraction of sp³-hybridized carbons (Fsp3) is 0.500. The second-order valence-electron chi connectivity index (χ2n) is 5.01. The molecule has 0 aliphatic heterocycles. The predicted molar refractivity (Wildman–Crippen MR) is 70.5 cm³/mol. The van der Waals surface area contributed by atoms with E-state index in [1.807, 2.05) is 44.2 Å².